The minimum absolute atomic E-state index is 0.00898. The molecule has 19 heavy (non-hydrogen) atoms. The molecule has 0 unspecified atom stereocenters. The van der Waals surface area contributed by atoms with Crippen LogP contribution in [0.2, 0.25) is 0 Å². The number of carbonyl (C=O) groups excluding carboxylic acids is 1. The van der Waals surface area contributed by atoms with Gasteiger partial charge >= 0.3 is 0 Å². The Morgan fingerprint density at radius 2 is 2.26 bits per heavy atom. The third-order valence-electron chi connectivity index (χ3n) is 3.10. The maximum absolute atomic E-state index is 13.7. The van der Waals surface area contributed by atoms with Gasteiger partial charge in [0.1, 0.15) is 10.2 Å². The van der Waals surface area contributed by atoms with Crippen LogP contribution in [0.4, 0.5) is 10.1 Å². The number of hydrogen-bond acceptors (Lipinski definition) is 4. The summed E-state index contributed by atoms with van der Waals surface area (Å²) in [6.07, 6.45) is 0.747. The summed E-state index contributed by atoms with van der Waals surface area (Å²) in [6.45, 7) is 1.42. The Morgan fingerprint density at radius 1 is 1.42 bits per heavy atom. The van der Waals surface area contributed by atoms with Crippen LogP contribution < -0.4 is 4.90 Å². The first kappa shape index (κ1) is 13.0. The third-order valence-corrected chi connectivity index (χ3v) is 5.56. The molecule has 0 radical (unpaired) electrons. The van der Waals surface area contributed by atoms with Crippen molar-refractivity contribution in [1.29, 1.82) is 0 Å². The first-order valence-corrected chi connectivity index (χ1v) is 8.02. The number of benzene rings is 1. The molecule has 0 aliphatic carbocycles. The minimum atomic E-state index is -0.339. The molecule has 0 saturated carbocycles. The SMILES string of the molecule is O=C1[C@H](SC2=NCCS2)CCN1c1ccccc1F. The lowest BCUT2D eigenvalue weighted by Crippen LogP contribution is -2.29. The van der Waals surface area contributed by atoms with Crippen LogP contribution in [-0.4, -0.2) is 34.4 Å². The zero-order valence-electron chi connectivity index (χ0n) is 10.2. The highest BCUT2D eigenvalue weighted by Crippen LogP contribution is 2.34. The van der Waals surface area contributed by atoms with Gasteiger partial charge in [0.15, 0.2) is 0 Å². The number of aliphatic imine (C=N–C) groups is 1. The van der Waals surface area contributed by atoms with Crippen molar-refractivity contribution < 1.29 is 9.18 Å². The van der Waals surface area contributed by atoms with Gasteiger partial charge in [-0.25, -0.2) is 4.39 Å². The van der Waals surface area contributed by atoms with Crippen molar-refractivity contribution in [3.8, 4) is 0 Å². The van der Waals surface area contributed by atoms with E-state index in [9.17, 15) is 9.18 Å². The first-order valence-electron chi connectivity index (χ1n) is 6.15. The summed E-state index contributed by atoms with van der Waals surface area (Å²) in [5, 5.41) is -0.121. The van der Waals surface area contributed by atoms with E-state index in [2.05, 4.69) is 4.99 Å². The number of anilines is 1. The van der Waals surface area contributed by atoms with Crippen molar-refractivity contribution in [2.75, 3.05) is 23.7 Å². The summed E-state index contributed by atoms with van der Waals surface area (Å²) in [4.78, 5) is 18.2. The van der Waals surface area contributed by atoms with E-state index in [0.29, 0.717) is 12.2 Å². The Kier molecular flexibility index (Phi) is 3.79. The number of para-hydroxylation sites is 1. The second-order valence-electron chi connectivity index (χ2n) is 4.33. The monoisotopic (exact) mass is 296 g/mol. The van der Waals surface area contributed by atoms with Gasteiger partial charge in [-0.15, -0.1) is 0 Å². The fraction of sp³-hybridized carbons (Fsp3) is 0.385. The maximum Gasteiger partial charge on any atom is 0.240 e. The lowest BCUT2D eigenvalue weighted by molar-refractivity contribution is -0.116. The number of rotatable bonds is 2. The maximum atomic E-state index is 13.7. The summed E-state index contributed by atoms with van der Waals surface area (Å²) < 4.78 is 14.7. The second-order valence-corrected chi connectivity index (χ2v) is 6.87. The molecule has 1 aromatic rings. The van der Waals surface area contributed by atoms with Crippen LogP contribution in [-0.2, 0) is 4.79 Å². The summed E-state index contributed by atoms with van der Waals surface area (Å²) in [5.41, 5.74) is 0.386. The number of nitrogens with zero attached hydrogens (tertiary/aromatic N) is 2. The highest BCUT2D eigenvalue weighted by atomic mass is 32.2. The van der Waals surface area contributed by atoms with E-state index in [1.54, 1.807) is 34.9 Å². The Morgan fingerprint density at radius 3 is 3.00 bits per heavy atom. The Balaban J connectivity index is 1.73. The van der Waals surface area contributed by atoms with E-state index in [4.69, 9.17) is 0 Å². The van der Waals surface area contributed by atoms with Crippen molar-refractivity contribution in [1.82, 2.24) is 0 Å². The van der Waals surface area contributed by atoms with Crippen molar-refractivity contribution in [2.24, 2.45) is 4.99 Å². The summed E-state index contributed by atoms with van der Waals surface area (Å²) in [5.74, 6) is 0.652. The predicted molar refractivity (Wildman–Crippen MR) is 79.5 cm³/mol. The van der Waals surface area contributed by atoms with Crippen LogP contribution >= 0.6 is 23.5 Å². The molecule has 3 rings (SSSR count). The number of carbonyl (C=O) groups is 1. The highest BCUT2D eigenvalue weighted by Gasteiger charge is 2.35. The van der Waals surface area contributed by atoms with E-state index in [-0.39, 0.29) is 17.0 Å². The molecule has 0 bridgehead atoms. The molecule has 2 heterocycles. The van der Waals surface area contributed by atoms with Crippen LogP contribution in [0.15, 0.2) is 29.3 Å². The molecular formula is C13H13FN2OS2. The van der Waals surface area contributed by atoms with Gasteiger partial charge in [-0.05, 0) is 18.6 Å². The van der Waals surface area contributed by atoms with E-state index < -0.39 is 0 Å². The number of halogens is 1. The van der Waals surface area contributed by atoms with Crippen LogP contribution in [0.3, 0.4) is 0 Å². The zero-order chi connectivity index (χ0) is 13.2. The van der Waals surface area contributed by atoms with Crippen LogP contribution in [0.5, 0.6) is 0 Å². The standard InChI is InChI=1S/C13H13FN2OS2/c14-9-3-1-2-4-10(9)16-7-5-11(12(16)17)19-13-15-6-8-18-13/h1-4,11H,5-8H2/t11-/m1/s1. The Bertz CT molecular complexity index is 535. The van der Waals surface area contributed by atoms with Gasteiger partial charge in [0, 0.05) is 12.3 Å². The fourth-order valence-electron chi connectivity index (χ4n) is 2.18. The molecule has 3 nitrogen and oxygen atoms in total. The van der Waals surface area contributed by atoms with E-state index >= 15 is 0 Å². The fourth-order valence-corrected chi connectivity index (χ4v) is 4.45. The van der Waals surface area contributed by atoms with Gasteiger partial charge in [-0.1, -0.05) is 35.7 Å². The molecule has 100 valence electrons. The highest BCUT2D eigenvalue weighted by molar-refractivity contribution is 8.39. The lowest BCUT2D eigenvalue weighted by atomic mass is 10.3. The summed E-state index contributed by atoms with van der Waals surface area (Å²) in [7, 11) is 0. The zero-order valence-corrected chi connectivity index (χ0v) is 11.8. The molecule has 1 atom stereocenters. The second kappa shape index (κ2) is 5.54. The van der Waals surface area contributed by atoms with Gasteiger partial charge in [-0.3, -0.25) is 9.79 Å². The van der Waals surface area contributed by atoms with E-state index in [0.717, 1.165) is 23.1 Å². The van der Waals surface area contributed by atoms with Crippen LogP contribution in [0.25, 0.3) is 0 Å². The van der Waals surface area contributed by atoms with Crippen LogP contribution in [0.1, 0.15) is 6.42 Å². The van der Waals surface area contributed by atoms with Crippen molar-refractivity contribution in [3.05, 3.63) is 30.1 Å². The number of amides is 1. The van der Waals surface area contributed by atoms with Crippen LogP contribution in [0, 0.1) is 5.82 Å². The Labute approximate surface area is 119 Å². The third kappa shape index (κ3) is 2.65. The average Bonchev–Trinajstić information content (AvgIpc) is 3.03. The van der Waals surface area contributed by atoms with Crippen molar-refractivity contribution in [2.45, 2.75) is 11.7 Å². The van der Waals surface area contributed by atoms with Crippen molar-refractivity contribution in [3.63, 3.8) is 0 Å². The molecule has 0 aromatic heterocycles. The quantitative estimate of drug-likeness (QED) is 0.841. The van der Waals surface area contributed by atoms with Gasteiger partial charge in [0.05, 0.1) is 17.5 Å². The predicted octanol–water partition coefficient (Wildman–Crippen LogP) is 2.77. The molecule has 0 spiro atoms. The molecule has 6 heteroatoms. The van der Waals surface area contributed by atoms with Gasteiger partial charge in [-0.2, -0.15) is 0 Å². The summed E-state index contributed by atoms with van der Waals surface area (Å²) >= 11 is 3.23. The molecule has 1 saturated heterocycles. The van der Waals surface area contributed by atoms with Gasteiger partial charge in [0.25, 0.3) is 0 Å². The Hall–Kier alpha value is -1.01. The summed E-state index contributed by atoms with van der Waals surface area (Å²) in [6, 6.07) is 6.43. The minimum Gasteiger partial charge on any atom is -0.309 e. The molecule has 1 amide bonds. The topological polar surface area (TPSA) is 32.7 Å². The van der Waals surface area contributed by atoms with E-state index in [1.165, 1.54) is 17.8 Å². The molecule has 1 aromatic carbocycles. The first-order chi connectivity index (χ1) is 9.25. The molecule has 1 fully saturated rings. The molecule has 0 N–H and O–H groups in total. The van der Waals surface area contributed by atoms with E-state index in [1.807, 2.05) is 0 Å². The number of thioether (sulfide) groups is 2. The van der Waals surface area contributed by atoms with Gasteiger partial charge < -0.3 is 4.90 Å². The normalized spacial score (nSPS) is 23.0. The van der Waals surface area contributed by atoms with Crippen molar-refractivity contribution >= 4 is 39.5 Å². The molecular weight excluding hydrogens is 283 g/mol. The molecule has 2 aliphatic heterocycles. The average molecular weight is 296 g/mol. The molecule has 2 aliphatic rings. The lowest BCUT2D eigenvalue weighted by Gasteiger charge is -2.17. The largest absolute Gasteiger partial charge is 0.309 e. The number of hydrogen-bond donors (Lipinski definition) is 0. The van der Waals surface area contributed by atoms with Gasteiger partial charge in [0.2, 0.25) is 5.91 Å². The smallest absolute Gasteiger partial charge is 0.240 e.